The smallest absolute Gasteiger partial charge is 0.293 e. The molecule has 0 amide bonds. The molecule has 2 aromatic heterocycles. The van der Waals surface area contributed by atoms with Gasteiger partial charge in [0.15, 0.2) is 5.82 Å². The fraction of sp³-hybridized carbons (Fsp3) is 0.471. The van der Waals surface area contributed by atoms with E-state index in [0.29, 0.717) is 11.9 Å². The van der Waals surface area contributed by atoms with Gasteiger partial charge in [-0.15, -0.1) is 0 Å². The van der Waals surface area contributed by atoms with E-state index in [-0.39, 0.29) is 5.56 Å². The van der Waals surface area contributed by atoms with Gasteiger partial charge in [-0.25, -0.2) is 4.98 Å². The molecule has 1 N–H and O–H groups in total. The first-order valence-electron chi connectivity index (χ1n) is 8.05. The van der Waals surface area contributed by atoms with Crippen LogP contribution in [-0.4, -0.2) is 33.7 Å². The Hall–Kier alpha value is -2.21. The maximum absolute atomic E-state index is 12.2. The van der Waals surface area contributed by atoms with Gasteiger partial charge >= 0.3 is 0 Å². The third-order valence-electron chi connectivity index (χ3n) is 4.26. The van der Waals surface area contributed by atoms with Crippen molar-refractivity contribution in [2.45, 2.75) is 32.4 Å². The summed E-state index contributed by atoms with van der Waals surface area (Å²) in [5.41, 5.74) is 2.18. The molecule has 0 saturated carbocycles. The van der Waals surface area contributed by atoms with Crippen LogP contribution < -0.4 is 15.8 Å². The molecule has 1 unspecified atom stereocenters. The van der Waals surface area contributed by atoms with Crippen LogP contribution in [0.25, 0.3) is 0 Å². The van der Waals surface area contributed by atoms with Gasteiger partial charge in [-0.1, -0.05) is 6.07 Å². The van der Waals surface area contributed by atoms with E-state index in [4.69, 9.17) is 0 Å². The highest BCUT2D eigenvalue weighted by molar-refractivity contribution is 5.36. The highest BCUT2D eigenvalue weighted by atomic mass is 16.1. The molecule has 2 aromatic rings. The van der Waals surface area contributed by atoms with Crippen molar-refractivity contribution in [3.8, 4) is 0 Å². The molecule has 1 aliphatic rings. The van der Waals surface area contributed by atoms with Gasteiger partial charge in [0.1, 0.15) is 0 Å². The Balaban J connectivity index is 1.63. The minimum absolute atomic E-state index is 0.0339. The second-order valence-corrected chi connectivity index (χ2v) is 6.16. The van der Waals surface area contributed by atoms with Crippen LogP contribution in [0.5, 0.6) is 0 Å². The maximum atomic E-state index is 12.2. The van der Waals surface area contributed by atoms with E-state index in [2.05, 4.69) is 32.3 Å². The molecular formula is C17H23N5O. The van der Waals surface area contributed by atoms with Crippen LogP contribution in [0.4, 0.5) is 5.82 Å². The van der Waals surface area contributed by atoms with Crippen molar-refractivity contribution < 1.29 is 0 Å². The summed E-state index contributed by atoms with van der Waals surface area (Å²) in [4.78, 5) is 23.0. The molecule has 6 nitrogen and oxygen atoms in total. The van der Waals surface area contributed by atoms with Crippen LogP contribution in [0.1, 0.15) is 24.1 Å². The van der Waals surface area contributed by atoms with E-state index < -0.39 is 0 Å². The van der Waals surface area contributed by atoms with E-state index >= 15 is 0 Å². The summed E-state index contributed by atoms with van der Waals surface area (Å²) in [7, 11) is 1.76. The van der Waals surface area contributed by atoms with Crippen molar-refractivity contribution in [1.82, 2.24) is 19.9 Å². The summed E-state index contributed by atoms with van der Waals surface area (Å²) < 4.78 is 1.58. The van der Waals surface area contributed by atoms with Gasteiger partial charge in [-0.2, -0.15) is 0 Å². The Bertz CT molecular complexity index is 710. The van der Waals surface area contributed by atoms with E-state index in [0.717, 1.165) is 38.2 Å². The fourth-order valence-electron chi connectivity index (χ4n) is 2.89. The predicted molar refractivity (Wildman–Crippen MR) is 90.5 cm³/mol. The van der Waals surface area contributed by atoms with Gasteiger partial charge in [0.2, 0.25) is 0 Å². The molecule has 6 heteroatoms. The standard InChI is InChI=1S/C17H23N5O/c1-13-5-6-14(19-10-13)11-20-15-4-3-8-22(12-15)16-17(23)21(2)9-7-18-16/h5-7,9-10,15,20H,3-4,8,11-12H2,1-2H3. The Morgan fingerprint density at radius 1 is 1.35 bits per heavy atom. The van der Waals surface area contributed by atoms with E-state index in [1.165, 1.54) is 5.56 Å². The second kappa shape index (κ2) is 6.91. The zero-order valence-corrected chi connectivity index (χ0v) is 13.7. The lowest BCUT2D eigenvalue weighted by atomic mass is 10.1. The van der Waals surface area contributed by atoms with Crippen molar-refractivity contribution in [2.75, 3.05) is 18.0 Å². The van der Waals surface area contributed by atoms with Gasteiger partial charge in [0, 0.05) is 51.3 Å². The van der Waals surface area contributed by atoms with E-state index in [1.54, 1.807) is 24.0 Å². The second-order valence-electron chi connectivity index (χ2n) is 6.16. The molecule has 0 bridgehead atoms. The molecule has 0 radical (unpaired) electrons. The number of anilines is 1. The number of hydrogen-bond acceptors (Lipinski definition) is 5. The van der Waals surface area contributed by atoms with Crippen molar-refractivity contribution in [3.05, 3.63) is 52.3 Å². The van der Waals surface area contributed by atoms with Crippen LogP contribution in [0.15, 0.2) is 35.5 Å². The highest BCUT2D eigenvalue weighted by Gasteiger charge is 2.22. The summed E-state index contributed by atoms with van der Waals surface area (Å²) in [6.07, 6.45) is 7.43. The molecule has 122 valence electrons. The normalized spacial score (nSPS) is 18.2. The average molecular weight is 313 g/mol. The van der Waals surface area contributed by atoms with E-state index in [9.17, 15) is 4.79 Å². The molecule has 23 heavy (non-hydrogen) atoms. The molecule has 1 fully saturated rings. The topological polar surface area (TPSA) is 63.1 Å². The van der Waals surface area contributed by atoms with Crippen LogP contribution >= 0.6 is 0 Å². The summed E-state index contributed by atoms with van der Waals surface area (Å²) in [6.45, 7) is 4.47. The van der Waals surface area contributed by atoms with E-state index in [1.807, 2.05) is 13.1 Å². The number of nitrogens with one attached hydrogen (secondary N) is 1. The summed E-state index contributed by atoms with van der Waals surface area (Å²) in [6, 6.07) is 4.48. The number of piperidine rings is 1. The summed E-state index contributed by atoms with van der Waals surface area (Å²) in [5, 5.41) is 3.55. The summed E-state index contributed by atoms with van der Waals surface area (Å²) in [5.74, 6) is 0.551. The monoisotopic (exact) mass is 313 g/mol. The Morgan fingerprint density at radius 3 is 3.00 bits per heavy atom. The lowest BCUT2D eigenvalue weighted by Gasteiger charge is -2.33. The molecule has 1 atom stereocenters. The third-order valence-corrected chi connectivity index (χ3v) is 4.26. The lowest BCUT2D eigenvalue weighted by Crippen LogP contribution is -2.47. The number of aryl methyl sites for hydroxylation is 2. The number of nitrogens with zero attached hydrogens (tertiary/aromatic N) is 4. The number of hydrogen-bond donors (Lipinski definition) is 1. The van der Waals surface area contributed by atoms with Crippen molar-refractivity contribution in [2.24, 2.45) is 7.05 Å². The molecular weight excluding hydrogens is 290 g/mol. The van der Waals surface area contributed by atoms with Gasteiger partial charge in [0.05, 0.1) is 5.69 Å². The Morgan fingerprint density at radius 2 is 2.22 bits per heavy atom. The largest absolute Gasteiger partial charge is 0.350 e. The minimum atomic E-state index is -0.0339. The number of pyridine rings is 1. The molecule has 3 heterocycles. The fourth-order valence-corrected chi connectivity index (χ4v) is 2.89. The van der Waals surface area contributed by atoms with Gasteiger partial charge in [-0.3, -0.25) is 9.78 Å². The van der Waals surface area contributed by atoms with Crippen molar-refractivity contribution >= 4 is 5.82 Å². The van der Waals surface area contributed by atoms with Crippen LogP contribution in [-0.2, 0) is 13.6 Å². The quantitative estimate of drug-likeness (QED) is 0.920. The SMILES string of the molecule is Cc1ccc(CNC2CCCN(c3nccn(C)c3=O)C2)nc1. The number of rotatable bonds is 4. The first kappa shape index (κ1) is 15.7. The average Bonchev–Trinajstić information content (AvgIpc) is 2.57. The lowest BCUT2D eigenvalue weighted by molar-refractivity contribution is 0.417. The molecule has 1 aliphatic heterocycles. The van der Waals surface area contributed by atoms with Gasteiger partial charge in [-0.05, 0) is 31.4 Å². The number of aromatic nitrogens is 3. The van der Waals surface area contributed by atoms with Gasteiger partial charge < -0.3 is 14.8 Å². The zero-order valence-electron chi connectivity index (χ0n) is 13.7. The third kappa shape index (κ3) is 3.76. The highest BCUT2D eigenvalue weighted by Crippen LogP contribution is 2.15. The molecule has 3 rings (SSSR count). The van der Waals surface area contributed by atoms with Crippen molar-refractivity contribution in [3.63, 3.8) is 0 Å². The molecule has 0 spiro atoms. The van der Waals surface area contributed by atoms with Crippen LogP contribution in [0, 0.1) is 6.92 Å². The summed E-state index contributed by atoms with van der Waals surface area (Å²) >= 11 is 0. The van der Waals surface area contributed by atoms with Crippen molar-refractivity contribution in [1.29, 1.82) is 0 Å². The van der Waals surface area contributed by atoms with Crippen LogP contribution in [0.3, 0.4) is 0 Å². The predicted octanol–water partition coefficient (Wildman–Crippen LogP) is 1.24. The molecule has 1 saturated heterocycles. The van der Waals surface area contributed by atoms with Crippen LogP contribution in [0.2, 0.25) is 0 Å². The minimum Gasteiger partial charge on any atom is -0.350 e. The Kier molecular flexibility index (Phi) is 4.71. The van der Waals surface area contributed by atoms with Gasteiger partial charge in [0.25, 0.3) is 5.56 Å². The molecule has 0 aromatic carbocycles. The maximum Gasteiger partial charge on any atom is 0.293 e. The first-order chi connectivity index (χ1) is 11.1. The Labute approximate surface area is 136 Å². The zero-order chi connectivity index (χ0) is 16.2. The molecule has 0 aliphatic carbocycles. The first-order valence-corrected chi connectivity index (χ1v) is 8.05.